The van der Waals surface area contributed by atoms with Gasteiger partial charge in [-0.05, 0) is 12.8 Å². The lowest BCUT2D eigenvalue weighted by molar-refractivity contribution is -0.302. The minimum absolute atomic E-state index is 0.134. The van der Waals surface area contributed by atoms with E-state index >= 15 is 0 Å². The number of nitrogens with one attached hydrogen (secondary N) is 1. The molecule has 0 spiro atoms. The van der Waals surface area contributed by atoms with Gasteiger partial charge >= 0.3 is 0 Å². The monoisotopic (exact) mass is 617 g/mol. The first-order valence-electron chi connectivity index (χ1n) is 17.7. The Morgan fingerprint density at radius 3 is 1.65 bits per heavy atom. The zero-order chi connectivity index (χ0) is 31.7. The van der Waals surface area contributed by atoms with Gasteiger partial charge in [0.15, 0.2) is 6.29 Å². The molecule has 1 saturated heterocycles. The minimum Gasteiger partial charge on any atom is -0.394 e. The molecule has 1 amide bonds. The summed E-state index contributed by atoms with van der Waals surface area (Å²) in [7, 11) is 0. The van der Waals surface area contributed by atoms with Gasteiger partial charge in [-0.3, -0.25) is 4.79 Å². The van der Waals surface area contributed by atoms with Crippen LogP contribution in [0.3, 0.4) is 0 Å². The molecule has 0 radical (unpaired) electrons. The molecule has 1 fully saturated rings. The van der Waals surface area contributed by atoms with E-state index < -0.39 is 49.5 Å². The molecule has 1 aliphatic rings. The molecule has 43 heavy (non-hydrogen) atoms. The van der Waals surface area contributed by atoms with Crippen LogP contribution in [0.4, 0.5) is 0 Å². The molecule has 6 N–H and O–H groups in total. The van der Waals surface area contributed by atoms with Crippen molar-refractivity contribution in [3.8, 4) is 0 Å². The summed E-state index contributed by atoms with van der Waals surface area (Å²) >= 11 is 0. The van der Waals surface area contributed by atoms with Gasteiger partial charge in [-0.25, -0.2) is 0 Å². The van der Waals surface area contributed by atoms with Crippen LogP contribution in [-0.2, 0) is 14.3 Å². The molecule has 0 saturated carbocycles. The van der Waals surface area contributed by atoms with Gasteiger partial charge in [-0.1, -0.05) is 136 Å². The zero-order valence-electron chi connectivity index (χ0n) is 27.5. The predicted molar refractivity (Wildman–Crippen MR) is 171 cm³/mol. The first kappa shape index (κ1) is 40.2. The second-order valence-corrected chi connectivity index (χ2v) is 12.7. The summed E-state index contributed by atoms with van der Waals surface area (Å²) in [5.41, 5.74) is 0. The van der Waals surface area contributed by atoms with Gasteiger partial charge in [0.2, 0.25) is 5.91 Å². The largest absolute Gasteiger partial charge is 0.394 e. The molecule has 256 valence electrons. The zero-order valence-corrected chi connectivity index (χ0v) is 27.5. The molecule has 7 atom stereocenters. The fraction of sp³-hybridized carbons (Fsp3) is 0.971. The van der Waals surface area contributed by atoms with Gasteiger partial charge < -0.3 is 40.3 Å². The van der Waals surface area contributed by atoms with Crippen LogP contribution in [0.1, 0.15) is 155 Å². The molecule has 1 aliphatic heterocycles. The highest BCUT2D eigenvalue weighted by Gasteiger charge is 2.44. The van der Waals surface area contributed by atoms with E-state index in [1.54, 1.807) is 0 Å². The predicted octanol–water partition coefficient (Wildman–Crippen LogP) is 5.27. The smallest absolute Gasteiger partial charge is 0.220 e. The van der Waals surface area contributed by atoms with Crippen LogP contribution in [0.25, 0.3) is 0 Å². The Morgan fingerprint density at radius 2 is 1.16 bits per heavy atom. The standard InChI is InChI=1S/C34H67NO8/c1-3-5-7-9-11-12-13-14-15-16-18-19-21-23-28(37)27(35-30(38)24-22-20-17-10-8-6-4-2)26-42-34-33(41)32(40)31(39)29(25-36)43-34/h27-29,31-34,36-37,39-41H,3-26H2,1-2H3,(H,35,38)/t27-,28+,29+,31-,32?,33?,34+/m0/s1. The van der Waals surface area contributed by atoms with Crippen molar-refractivity contribution in [2.45, 2.75) is 198 Å². The van der Waals surface area contributed by atoms with Gasteiger partial charge in [0.25, 0.3) is 0 Å². The van der Waals surface area contributed by atoms with Crippen molar-refractivity contribution in [1.82, 2.24) is 5.32 Å². The quantitative estimate of drug-likeness (QED) is 0.0651. The Labute approximate surface area is 262 Å². The maximum atomic E-state index is 12.7. The van der Waals surface area contributed by atoms with Crippen molar-refractivity contribution >= 4 is 5.91 Å². The molecule has 1 heterocycles. The molecule has 0 bridgehead atoms. The Bertz CT molecular complexity index is 652. The van der Waals surface area contributed by atoms with Crippen LogP contribution in [0, 0.1) is 0 Å². The van der Waals surface area contributed by atoms with Gasteiger partial charge in [-0.2, -0.15) is 0 Å². The van der Waals surface area contributed by atoms with Crippen molar-refractivity contribution in [3.05, 3.63) is 0 Å². The molecule has 0 aromatic heterocycles. The molecule has 9 heteroatoms. The van der Waals surface area contributed by atoms with E-state index in [4.69, 9.17) is 9.47 Å². The van der Waals surface area contributed by atoms with Crippen LogP contribution in [0.15, 0.2) is 0 Å². The summed E-state index contributed by atoms with van der Waals surface area (Å²) in [6.45, 7) is 3.75. The number of rotatable bonds is 28. The molecule has 2 unspecified atom stereocenters. The number of ether oxygens (including phenoxy) is 2. The summed E-state index contributed by atoms with van der Waals surface area (Å²) in [4.78, 5) is 12.7. The summed E-state index contributed by atoms with van der Waals surface area (Å²) in [5, 5.41) is 53.8. The van der Waals surface area contributed by atoms with E-state index in [1.165, 1.54) is 89.9 Å². The highest BCUT2D eigenvalue weighted by atomic mass is 16.7. The van der Waals surface area contributed by atoms with E-state index in [1.807, 2.05) is 0 Å². The van der Waals surface area contributed by atoms with Gasteiger partial charge in [0.1, 0.15) is 24.4 Å². The van der Waals surface area contributed by atoms with Crippen LogP contribution < -0.4 is 5.32 Å². The lowest BCUT2D eigenvalue weighted by Crippen LogP contribution is -2.60. The SMILES string of the molecule is CCCCCCCCCCCCCCC[C@@H](O)[C@H](CO[C@@H]1O[C@H](CO)[C@H](O)C(O)C1O)NC(=O)CCCCCCCCC. The second-order valence-electron chi connectivity index (χ2n) is 12.7. The third-order valence-electron chi connectivity index (χ3n) is 8.71. The number of amides is 1. The van der Waals surface area contributed by atoms with E-state index in [9.17, 15) is 30.3 Å². The van der Waals surface area contributed by atoms with E-state index in [2.05, 4.69) is 19.2 Å². The number of hydrogen-bond acceptors (Lipinski definition) is 8. The Kier molecular flexibility index (Phi) is 24.7. The lowest BCUT2D eigenvalue weighted by atomic mass is 9.99. The fourth-order valence-corrected chi connectivity index (χ4v) is 5.75. The number of carbonyl (C=O) groups excluding carboxylic acids is 1. The highest BCUT2D eigenvalue weighted by molar-refractivity contribution is 5.76. The topological polar surface area (TPSA) is 149 Å². The molecular formula is C34H67NO8. The van der Waals surface area contributed by atoms with Crippen molar-refractivity contribution in [2.24, 2.45) is 0 Å². The maximum Gasteiger partial charge on any atom is 0.220 e. The first-order valence-corrected chi connectivity index (χ1v) is 17.7. The summed E-state index contributed by atoms with van der Waals surface area (Å²) < 4.78 is 11.1. The van der Waals surface area contributed by atoms with Gasteiger partial charge in [0, 0.05) is 6.42 Å². The molecule has 0 aromatic rings. The van der Waals surface area contributed by atoms with E-state index in [0.29, 0.717) is 12.8 Å². The molecular weight excluding hydrogens is 550 g/mol. The van der Waals surface area contributed by atoms with Crippen molar-refractivity contribution < 1.29 is 39.8 Å². The first-order chi connectivity index (χ1) is 20.8. The number of aliphatic hydroxyl groups excluding tert-OH is 5. The summed E-state index contributed by atoms with van der Waals surface area (Å²) in [6, 6.07) is -0.707. The Balaban J connectivity index is 2.44. The lowest BCUT2D eigenvalue weighted by Gasteiger charge is -2.40. The number of carbonyl (C=O) groups is 1. The molecule has 9 nitrogen and oxygen atoms in total. The van der Waals surface area contributed by atoms with E-state index in [0.717, 1.165) is 38.5 Å². The van der Waals surface area contributed by atoms with E-state index in [-0.39, 0.29) is 12.5 Å². The highest BCUT2D eigenvalue weighted by Crippen LogP contribution is 2.23. The fourth-order valence-electron chi connectivity index (χ4n) is 5.75. The Morgan fingerprint density at radius 1 is 0.698 bits per heavy atom. The molecule has 0 aliphatic carbocycles. The molecule has 1 rings (SSSR count). The van der Waals surface area contributed by atoms with Crippen molar-refractivity contribution in [1.29, 1.82) is 0 Å². The minimum atomic E-state index is -1.54. The van der Waals surface area contributed by atoms with Crippen LogP contribution in [0.5, 0.6) is 0 Å². The number of unbranched alkanes of at least 4 members (excludes halogenated alkanes) is 18. The molecule has 0 aromatic carbocycles. The Hall–Kier alpha value is -0.810. The average molecular weight is 618 g/mol. The third kappa shape index (κ3) is 18.7. The normalized spacial score (nSPS) is 23.7. The van der Waals surface area contributed by atoms with Crippen molar-refractivity contribution in [3.63, 3.8) is 0 Å². The van der Waals surface area contributed by atoms with Gasteiger partial charge in [-0.15, -0.1) is 0 Å². The van der Waals surface area contributed by atoms with Gasteiger partial charge in [0.05, 0.1) is 25.4 Å². The van der Waals surface area contributed by atoms with Crippen LogP contribution in [0.2, 0.25) is 0 Å². The number of hydrogen-bond donors (Lipinski definition) is 6. The van der Waals surface area contributed by atoms with Crippen LogP contribution >= 0.6 is 0 Å². The maximum absolute atomic E-state index is 12.7. The average Bonchev–Trinajstić information content (AvgIpc) is 3.00. The summed E-state index contributed by atoms with van der Waals surface area (Å²) in [5.74, 6) is -0.152. The van der Waals surface area contributed by atoms with Crippen LogP contribution in [-0.4, -0.2) is 87.5 Å². The second kappa shape index (κ2) is 26.4. The third-order valence-corrected chi connectivity index (χ3v) is 8.71. The summed E-state index contributed by atoms with van der Waals surface area (Å²) in [6.07, 6.45) is 17.0. The van der Waals surface area contributed by atoms with Crippen molar-refractivity contribution in [2.75, 3.05) is 13.2 Å². The number of aliphatic hydroxyl groups is 5.